The molecule has 2 N–H and O–H groups in total. The first-order valence-corrected chi connectivity index (χ1v) is 10.4. The van der Waals surface area contributed by atoms with Gasteiger partial charge in [0, 0.05) is 17.8 Å². The molecule has 0 bridgehead atoms. The SMILES string of the molecule is CCC(=O)Nc1cccc(NC(=O)COc2ccc(-c3ccccc3)cc2Br)c1C. The van der Waals surface area contributed by atoms with E-state index in [1.807, 2.05) is 55.5 Å². The van der Waals surface area contributed by atoms with Gasteiger partial charge < -0.3 is 15.4 Å². The summed E-state index contributed by atoms with van der Waals surface area (Å²) in [6.45, 7) is 3.51. The largest absolute Gasteiger partial charge is 0.483 e. The molecule has 0 radical (unpaired) electrons. The van der Waals surface area contributed by atoms with E-state index in [2.05, 4.69) is 26.6 Å². The molecule has 3 aromatic rings. The number of halogens is 1. The zero-order valence-corrected chi connectivity index (χ0v) is 18.5. The summed E-state index contributed by atoms with van der Waals surface area (Å²) in [5, 5.41) is 5.67. The molecule has 154 valence electrons. The van der Waals surface area contributed by atoms with Crippen molar-refractivity contribution in [3.63, 3.8) is 0 Å². The van der Waals surface area contributed by atoms with Crippen LogP contribution >= 0.6 is 15.9 Å². The Bertz CT molecular complexity index is 1050. The van der Waals surface area contributed by atoms with E-state index in [1.54, 1.807) is 25.1 Å². The molecule has 0 saturated heterocycles. The number of hydrogen-bond donors (Lipinski definition) is 2. The Morgan fingerprint density at radius 3 is 2.17 bits per heavy atom. The van der Waals surface area contributed by atoms with Crippen molar-refractivity contribution >= 4 is 39.1 Å². The van der Waals surface area contributed by atoms with Gasteiger partial charge in [0.15, 0.2) is 6.61 Å². The number of carbonyl (C=O) groups is 2. The van der Waals surface area contributed by atoms with Gasteiger partial charge in [-0.25, -0.2) is 0 Å². The lowest BCUT2D eigenvalue weighted by atomic mass is 10.1. The minimum atomic E-state index is -0.281. The van der Waals surface area contributed by atoms with Crippen LogP contribution in [0.1, 0.15) is 18.9 Å². The molecule has 0 heterocycles. The number of anilines is 2. The Hall–Kier alpha value is -3.12. The Balaban J connectivity index is 1.62. The number of benzene rings is 3. The van der Waals surface area contributed by atoms with E-state index in [0.29, 0.717) is 23.5 Å². The van der Waals surface area contributed by atoms with Crippen LogP contribution in [0.2, 0.25) is 0 Å². The highest BCUT2D eigenvalue weighted by Gasteiger charge is 2.11. The summed E-state index contributed by atoms with van der Waals surface area (Å²) in [6, 6.07) is 21.2. The molecule has 0 spiro atoms. The van der Waals surface area contributed by atoms with Crippen LogP contribution in [-0.4, -0.2) is 18.4 Å². The fourth-order valence-electron chi connectivity index (χ4n) is 2.90. The quantitative estimate of drug-likeness (QED) is 0.462. The highest BCUT2D eigenvalue weighted by Crippen LogP contribution is 2.31. The van der Waals surface area contributed by atoms with E-state index in [9.17, 15) is 9.59 Å². The lowest BCUT2D eigenvalue weighted by Gasteiger charge is -2.14. The van der Waals surface area contributed by atoms with E-state index < -0.39 is 0 Å². The average Bonchev–Trinajstić information content (AvgIpc) is 2.76. The van der Waals surface area contributed by atoms with Crippen LogP contribution in [0.25, 0.3) is 11.1 Å². The van der Waals surface area contributed by atoms with E-state index in [-0.39, 0.29) is 18.4 Å². The van der Waals surface area contributed by atoms with Gasteiger partial charge in [-0.15, -0.1) is 0 Å². The standard InChI is InChI=1S/C24H23BrN2O3/c1-3-23(28)26-20-10-7-11-21(16(20)2)27-24(29)15-30-22-13-12-18(14-19(22)25)17-8-5-4-6-9-17/h4-14H,3,15H2,1-2H3,(H,26,28)(H,27,29). The van der Waals surface area contributed by atoms with Gasteiger partial charge in [0.1, 0.15) is 5.75 Å². The number of amides is 2. The summed E-state index contributed by atoms with van der Waals surface area (Å²) in [7, 11) is 0. The van der Waals surface area contributed by atoms with Crippen LogP contribution in [0, 0.1) is 6.92 Å². The monoisotopic (exact) mass is 466 g/mol. The Morgan fingerprint density at radius 1 is 0.867 bits per heavy atom. The number of ether oxygens (including phenoxy) is 1. The highest BCUT2D eigenvalue weighted by atomic mass is 79.9. The second kappa shape index (κ2) is 10.1. The molecular formula is C24H23BrN2O3. The summed E-state index contributed by atoms with van der Waals surface area (Å²) in [4.78, 5) is 24.0. The topological polar surface area (TPSA) is 67.4 Å². The smallest absolute Gasteiger partial charge is 0.262 e. The van der Waals surface area contributed by atoms with Crippen LogP contribution in [0.15, 0.2) is 71.2 Å². The van der Waals surface area contributed by atoms with E-state index in [4.69, 9.17) is 4.74 Å². The van der Waals surface area contributed by atoms with Crippen molar-refractivity contribution in [3.05, 3.63) is 76.8 Å². The predicted molar refractivity (Wildman–Crippen MR) is 124 cm³/mol. The molecule has 2 amide bonds. The third kappa shape index (κ3) is 5.48. The molecule has 30 heavy (non-hydrogen) atoms. The molecule has 0 fully saturated rings. The Morgan fingerprint density at radius 2 is 1.53 bits per heavy atom. The summed E-state index contributed by atoms with van der Waals surface area (Å²) in [6.07, 6.45) is 0.391. The molecular weight excluding hydrogens is 444 g/mol. The number of hydrogen-bond acceptors (Lipinski definition) is 3. The van der Waals surface area contributed by atoms with Crippen molar-refractivity contribution in [3.8, 4) is 16.9 Å². The molecule has 0 atom stereocenters. The zero-order valence-electron chi connectivity index (χ0n) is 16.9. The Kier molecular flexibility index (Phi) is 7.25. The zero-order chi connectivity index (χ0) is 21.5. The minimum absolute atomic E-state index is 0.0753. The van der Waals surface area contributed by atoms with Crippen LogP contribution in [0.5, 0.6) is 5.75 Å². The molecule has 0 saturated carbocycles. The first-order valence-electron chi connectivity index (χ1n) is 9.65. The third-order valence-electron chi connectivity index (χ3n) is 4.60. The first kappa shape index (κ1) is 21.6. The number of nitrogens with one attached hydrogen (secondary N) is 2. The molecule has 0 aromatic heterocycles. The molecule has 0 aliphatic carbocycles. The second-order valence-electron chi connectivity index (χ2n) is 6.73. The maximum absolute atomic E-state index is 12.4. The Labute approximate surface area is 184 Å². The second-order valence-corrected chi connectivity index (χ2v) is 7.58. The maximum Gasteiger partial charge on any atom is 0.262 e. The summed E-state index contributed by atoms with van der Waals surface area (Å²) >= 11 is 3.52. The number of carbonyl (C=O) groups excluding carboxylic acids is 2. The van der Waals surface area contributed by atoms with Crippen LogP contribution < -0.4 is 15.4 Å². The molecule has 0 unspecified atom stereocenters. The molecule has 0 aliphatic heterocycles. The van der Waals surface area contributed by atoms with Crippen LogP contribution in [0.4, 0.5) is 11.4 Å². The third-order valence-corrected chi connectivity index (χ3v) is 5.22. The van der Waals surface area contributed by atoms with Crippen molar-refractivity contribution in [2.75, 3.05) is 17.2 Å². The van der Waals surface area contributed by atoms with Gasteiger partial charge >= 0.3 is 0 Å². The van der Waals surface area contributed by atoms with Gasteiger partial charge in [0.2, 0.25) is 5.91 Å². The van der Waals surface area contributed by atoms with Gasteiger partial charge in [0.25, 0.3) is 5.91 Å². The molecule has 0 aliphatic rings. The molecule has 3 aromatic carbocycles. The summed E-state index contributed by atoms with van der Waals surface area (Å²) in [5.41, 5.74) is 4.27. The van der Waals surface area contributed by atoms with Gasteiger partial charge in [0.05, 0.1) is 4.47 Å². The van der Waals surface area contributed by atoms with Gasteiger partial charge in [-0.05, 0) is 63.8 Å². The van der Waals surface area contributed by atoms with Gasteiger partial charge in [-0.1, -0.05) is 49.4 Å². The first-order chi connectivity index (χ1) is 14.5. The van der Waals surface area contributed by atoms with Crippen molar-refractivity contribution in [2.24, 2.45) is 0 Å². The maximum atomic E-state index is 12.4. The van der Waals surface area contributed by atoms with Crippen LogP contribution in [0.3, 0.4) is 0 Å². The van der Waals surface area contributed by atoms with E-state index in [0.717, 1.165) is 21.2 Å². The number of rotatable bonds is 7. The fraction of sp³-hybridized carbons (Fsp3) is 0.167. The normalized spacial score (nSPS) is 10.4. The highest BCUT2D eigenvalue weighted by molar-refractivity contribution is 9.10. The minimum Gasteiger partial charge on any atom is -0.483 e. The summed E-state index contributed by atoms with van der Waals surface area (Å²) < 4.78 is 6.46. The van der Waals surface area contributed by atoms with Crippen molar-refractivity contribution in [2.45, 2.75) is 20.3 Å². The summed E-state index contributed by atoms with van der Waals surface area (Å²) in [5.74, 6) is 0.232. The van der Waals surface area contributed by atoms with E-state index in [1.165, 1.54) is 0 Å². The van der Waals surface area contributed by atoms with Crippen molar-refractivity contribution in [1.82, 2.24) is 0 Å². The average molecular weight is 467 g/mol. The fourth-order valence-corrected chi connectivity index (χ4v) is 3.40. The van der Waals surface area contributed by atoms with Gasteiger partial charge in [-0.3, -0.25) is 9.59 Å². The molecule has 3 rings (SSSR count). The molecule has 6 heteroatoms. The molecule has 5 nitrogen and oxygen atoms in total. The lowest BCUT2D eigenvalue weighted by molar-refractivity contribution is -0.118. The van der Waals surface area contributed by atoms with Gasteiger partial charge in [-0.2, -0.15) is 0 Å². The van der Waals surface area contributed by atoms with E-state index >= 15 is 0 Å². The van der Waals surface area contributed by atoms with Crippen molar-refractivity contribution < 1.29 is 14.3 Å². The predicted octanol–water partition coefficient (Wildman–Crippen LogP) is 5.79. The van der Waals surface area contributed by atoms with Crippen LogP contribution in [-0.2, 0) is 9.59 Å². The lowest BCUT2D eigenvalue weighted by Crippen LogP contribution is -2.21. The van der Waals surface area contributed by atoms with Crippen molar-refractivity contribution in [1.29, 1.82) is 0 Å².